The van der Waals surface area contributed by atoms with Gasteiger partial charge in [0.05, 0.1) is 5.56 Å². The summed E-state index contributed by atoms with van der Waals surface area (Å²) < 4.78 is 44.9. The van der Waals surface area contributed by atoms with E-state index < -0.39 is 35.4 Å². The van der Waals surface area contributed by atoms with Gasteiger partial charge in [-0.05, 0) is 43.5 Å². The van der Waals surface area contributed by atoms with Crippen LogP contribution in [0.3, 0.4) is 0 Å². The van der Waals surface area contributed by atoms with E-state index in [1.54, 1.807) is 32.9 Å². The Labute approximate surface area is 166 Å². The first kappa shape index (κ1) is 22.3. The van der Waals surface area contributed by atoms with Gasteiger partial charge in [-0.3, -0.25) is 0 Å². The number of alkyl carbamates (subject to hydrolysis) is 1. The van der Waals surface area contributed by atoms with Crippen LogP contribution >= 0.6 is 0 Å². The molecule has 0 aliphatic rings. The number of halogens is 3. The average Bonchev–Trinajstić information content (AvgIpc) is 2.59. The van der Waals surface area contributed by atoms with Crippen LogP contribution in [0.25, 0.3) is 11.1 Å². The lowest BCUT2D eigenvalue weighted by molar-refractivity contribution is -0.139. The van der Waals surface area contributed by atoms with Crippen molar-refractivity contribution in [1.29, 1.82) is 0 Å². The van der Waals surface area contributed by atoms with Crippen molar-refractivity contribution < 1.29 is 32.6 Å². The van der Waals surface area contributed by atoms with Crippen molar-refractivity contribution in [2.45, 2.75) is 45.0 Å². The Morgan fingerprint density at radius 3 is 2.31 bits per heavy atom. The van der Waals surface area contributed by atoms with Gasteiger partial charge in [0.15, 0.2) is 0 Å². The van der Waals surface area contributed by atoms with Gasteiger partial charge in [-0.1, -0.05) is 42.5 Å². The van der Waals surface area contributed by atoms with Gasteiger partial charge in [0.25, 0.3) is 0 Å². The summed E-state index contributed by atoms with van der Waals surface area (Å²) in [5, 5.41) is 11.7. The average molecular weight is 409 g/mol. The Kier molecular flexibility index (Phi) is 6.56. The van der Waals surface area contributed by atoms with Crippen molar-refractivity contribution in [3.05, 3.63) is 59.7 Å². The second-order valence-electron chi connectivity index (χ2n) is 7.48. The number of amides is 1. The van der Waals surface area contributed by atoms with E-state index in [0.29, 0.717) is 11.1 Å². The van der Waals surface area contributed by atoms with Crippen molar-refractivity contribution in [1.82, 2.24) is 5.32 Å². The highest BCUT2D eigenvalue weighted by Gasteiger charge is 2.33. The number of carboxylic acids is 1. The number of nitrogens with one attached hydrogen (secondary N) is 1. The van der Waals surface area contributed by atoms with Gasteiger partial charge in [-0.25, -0.2) is 9.59 Å². The first-order valence-electron chi connectivity index (χ1n) is 8.84. The fourth-order valence-electron chi connectivity index (χ4n) is 2.73. The third-order valence-electron chi connectivity index (χ3n) is 3.90. The molecule has 0 heterocycles. The summed E-state index contributed by atoms with van der Waals surface area (Å²) in [6.45, 7) is 4.93. The third-order valence-corrected chi connectivity index (χ3v) is 3.90. The molecule has 0 bridgehead atoms. The van der Waals surface area contributed by atoms with Crippen LogP contribution in [0.15, 0.2) is 48.5 Å². The number of ether oxygens (including phenoxy) is 1. The lowest BCUT2D eigenvalue weighted by Gasteiger charge is -2.22. The maximum atomic E-state index is 13.3. The van der Waals surface area contributed by atoms with Gasteiger partial charge >= 0.3 is 18.2 Å². The first-order chi connectivity index (χ1) is 13.4. The molecule has 0 unspecified atom stereocenters. The predicted octanol–water partition coefficient (Wildman–Crippen LogP) is 4.89. The number of alkyl halides is 3. The van der Waals surface area contributed by atoms with Gasteiger partial charge in [-0.2, -0.15) is 13.2 Å². The fraction of sp³-hybridized carbons (Fsp3) is 0.333. The maximum absolute atomic E-state index is 13.3. The number of benzene rings is 2. The van der Waals surface area contributed by atoms with Crippen molar-refractivity contribution in [2.24, 2.45) is 0 Å². The predicted molar refractivity (Wildman–Crippen MR) is 101 cm³/mol. The Bertz CT molecular complexity index is 888. The smallest absolute Gasteiger partial charge is 0.417 e. The number of carbonyl (C=O) groups excluding carboxylic acids is 1. The lowest BCUT2D eigenvalue weighted by Crippen LogP contribution is -2.44. The number of aliphatic carboxylic acids is 1. The van der Waals surface area contributed by atoms with Crippen molar-refractivity contribution in [3.8, 4) is 11.1 Å². The highest BCUT2D eigenvalue weighted by molar-refractivity contribution is 5.80. The number of hydrogen-bond acceptors (Lipinski definition) is 3. The normalized spacial score (nSPS) is 12.9. The summed E-state index contributed by atoms with van der Waals surface area (Å²) in [4.78, 5) is 23.4. The molecule has 0 aliphatic heterocycles. The number of carboxylic acid groups (broad SMARTS) is 1. The van der Waals surface area contributed by atoms with Crippen LogP contribution in [0.4, 0.5) is 18.0 Å². The summed E-state index contributed by atoms with van der Waals surface area (Å²) in [7, 11) is 0. The largest absolute Gasteiger partial charge is 0.480 e. The molecule has 0 aromatic heterocycles. The van der Waals surface area contributed by atoms with Crippen LogP contribution in [0.2, 0.25) is 0 Å². The molecule has 156 valence electrons. The second kappa shape index (κ2) is 8.55. The van der Waals surface area contributed by atoms with Gasteiger partial charge in [0.2, 0.25) is 0 Å². The SMILES string of the molecule is CC(C)(C)OC(=O)N[C@@H](Cc1cccc(-c2ccccc2C(F)(F)F)c1)C(=O)O. The summed E-state index contributed by atoms with van der Waals surface area (Å²) >= 11 is 0. The first-order valence-corrected chi connectivity index (χ1v) is 8.84. The summed E-state index contributed by atoms with van der Waals surface area (Å²) in [6, 6.07) is 10.0. The van der Waals surface area contributed by atoms with Gasteiger partial charge in [0, 0.05) is 6.42 Å². The van der Waals surface area contributed by atoms with Crippen LogP contribution in [0.1, 0.15) is 31.9 Å². The second-order valence-corrected chi connectivity index (χ2v) is 7.48. The minimum atomic E-state index is -4.52. The highest BCUT2D eigenvalue weighted by Crippen LogP contribution is 2.37. The Balaban J connectivity index is 2.27. The zero-order valence-corrected chi connectivity index (χ0v) is 16.2. The van der Waals surface area contributed by atoms with E-state index in [1.165, 1.54) is 30.3 Å². The zero-order chi connectivity index (χ0) is 21.8. The van der Waals surface area contributed by atoms with Crippen LogP contribution in [0.5, 0.6) is 0 Å². The summed E-state index contributed by atoms with van der Waals surface area (Å²) in [6.07, 6.45) is -5.52. The molecule has 8 heteroatoms. The number of rotatable bonds is 5. The molecular weight excluding hydrogens is 387 g/mol. The highest BCUT2D eigenvalue weighted by atomic mass is 19.4. The van der Waals surface area contributed by atoms with Crippen molar-refractivity contribution in [3.63, 3.8) is 0 Å². The van der Waals surface area contributed by atoms with E-state index in [-0.39, 0.29) is 12.0 Å². The zero-order valence-electron chi connectivity index (χ0n) is 16.2. The summed E-state index contributed by atoms with van der Waals surface area (Å²) in [5.74, 6) is -1.28. The van der Waals surface area contributed by atoms with E-state index in [2.05, 4.69) is 5.32 Å². The number of carbonyl (C=O) groups is 2. The van der Waals surface area contributed by atoms with E-state index in [4.69, 9.17) is 4.74 Å². The Hall–Kier alpha value is -3.03. The molecule has 0 spiro atoms. The molecule has 5 nitrogen and oxygen atoms in total. The van der Waals surface area contributed by atoms with Crippen molar-refractivity contribution in [2.75, 3.05) is 0 Å². The topological polar surface area (TPSA) is 75.6 Å². The van der Waals surface area contributed by atoms with E-state index in [9.17, 15) is 27.9 Å². The maximum Gasteiger partial charge on any atom is 0.417 e. The lowest BCUT2D eigenvalue weighted by atomic mass is 9.96. The molecule has 1 atom stereocenters. The third kappa shape index (κ3) is 6.51. The van der Waals surface area contributed by atoms with Gasteiger partial charge in [0.1, 0.15) is 11.6 Å². The molecule has 0 radical (unpaired) electrons. The molecular formula is C21H22F3NO4. The molecule has 0 aliphatic carbocycles. The number of hydrogen-bond donors (Lipinski definition) is 2. The van der Waals surface area contributed by atoms with E-state index >= 15 is 0 Å². The molecule has 2 rings (SSSR count). The summed E-state index contributed by atoms with van der Waals surface area (Å²) in [5.41, 5.74) is -0.818. The van der Waals surface area contributed by atoms with Gasteiger partial charge < -0.3 is 15.2 Å². The van der Waals surface area contributed by atoms with Crippen molar-refractivity contribution >= 4 is 12.1 Å². The molecule has 2 aromatic carbocycles. The van der Waals surface area contributed by atoms with E-state index in [1.807, 2.05) is 0 Å². The molecule has 0 saturated carbocycles. The molecule has 0 saturated heterocycles. The van der Waals surface area contributed by atoms with Crippen LogP contribution < -0.4 is 5.32 Å². The monoisotopic (exact) mass is 409 g/mol. The van der Waals surface area contributed by atoms with Crippen LogP contribution in [0, 0.1) is 0 Å². The van der Waals surface area contributed by atoms with E-state index in [0.717, 1.165) is 6.07 Å². The van der Waals surface area contributed by atoms with Gasteiger partial charge in [-0.15, -0.1) is 0 Å². The van der Waals surface area contributed by atoms with Crippen LogP contribution in [-0.4, -0.2) is 28.8 Å². The fourth-order valence-corrected chi connectivity index (χ4v) is 2.73. The molecule has 1 amide bonds. The quantitative estimate of drug-likeness (QED) is 0.737. The molecule has 2 N–H and O–H groups in total. The minimum absolute atomic E-state index is 0.00572. The molecule has 29 heavy (non-hydrogen) atoms. The standard InChI is InChI=1S/C21H22F3NO4/c1-20(2,3)29-19(28)25-17(18(26)27)12-13-7-6-8-14(11-13)15-9-4-5-10-16(15)21(22,23)24/h4-11,17H,12H2,1-3H3,(H,25,28)(H,26,27)/t17-/m0/s1. The van der Waals surface area contributed by atoms with Crippen LogP contribution in [-0.2, 0) is 22.1 Å². The molecule has 2 aromatic rings. The Morgan fingerprint density at radius 2 is 1.72 bits per heavy atom. The minimum Gasteiger partial charge on any atom is -0.480 e. The molecule has 0 fully saturated rings. The Morgan fingerprint density at radius 1 is 1.07 bits per heavy atom.